The van der Waals surface area contributed by atoms with Gasteiger partial charge in [0.05, 0.1) is 18.2 Å². The first kappa shape index (κ1) is 19.4. The van der Waals surface area contributed by atoms with E-state index in [1.54, 1.807) is 0 Å². The lowest BCUT2D eigenvalue weighted by Gasteiger charge is -2.56. The summed E-state index contributed by atoms with van der Waals surface area (Å²) in [7, 11) is 0. The van der Waals surface area contributed by atoms with Crippen LogP contribution < -0.4 is 5.32 Å². The summed E-state index contributed by atoms with van der Waals surface area (Å²) in [5, 5.41) is 7.04. The van der Waals surface area contributed by atoms with Crippen LogP contribution in [0.15, 0.2) is 4.52 Å². The van der Waals surface area contributed by atoms with Gasteiger partial charge in [0.2, 0.25) is 11.8 Å². The zero-order valence-electron chi connectivity index (χ0n) is 17.2. The fourth-order valence-electron chi connectivity index (χ4n) is 5.59. The van der Waals surface area contributed by atoms with E-state index in [0.29, 0.717) is 36.6 Å². The number of nitrogens with zero attached hydrogens (tertiary/aromatic N) is 3. The van der Waals surface area contributed by atoms with Crippen LogP contribution in [-0.4, -0.2) is 65.0 Å². The van der Waals surface area contributed by atoms with Gasteiger partial charge in [0.25, 0.3) is 0 Å². The predicted octanol–water partition coefficient (Wildman–Crippen LogP) is 1.67. The molecule has 3 fully saturated rings. The molecule has 0 unspecified atom stereocenters. The number of rotatable bonds is 5. The molecule has 2 bridgehead atoms. The quantitative estimate of drug-likeness (QED) is 0.830. The lowest BCUT2D eigenvalue weighted by Crippen LogP contribution is -2.67. The minimum Gasteiger partial charge on any atom is -0.361 e. The number of carbonyl (C=O) groups is 2. The third-order valence-electron chi connectivity index (χ3n) is 7.05. The Balaban J connectivity index is 1.46. The highest BCUT2D eigenvalue weighted by Gasteiger charge is 2.49. The lowest BCUT2D eigenvalue weighted by molar-refractivity contribution is -0.152. The average molecular weight is 389 g/mol. The standard InChI is InChI=1S/C21H32N4O3/c1-4-24-11-15-8-16(12-24)19(25-18(15)6-5-7-21(25)27)10-22-20(26)9-17-13(2)23-28-14(17)3/h15-16,18-19H,4-12H2,1-3H3,(H,22,26)/t15-,16-,18-,19-/m0/s1. The van der Waals surface area contributed by atoms with Gasteiger partial charge in [-0.15, -0.1) is 0 Å². The molecule has 4 rings (SSSR count). The molecule has 0 radical (unpaired) electrons. The zero-order chi connectivity index (χ0) is 19.8. The first-order chi connectivity index (χ1) is 13.5. The maximum atomic E-state index is 12.8. The summed E-state index contributed by atoms with van der Waals surface area (Å²) in [5.41, 5.74) is 1.63. The molecular formula is C21H32N4O3. The van der Waals surface area contributed by atoms with Crippen LogP contribution in [0.4, 0.5) is 0 Å². The van der Waals surface area contributed by atoms with E-state index in [9.17, 15) is 9.59 Å². The number of carbonyl (C=O) groups excluding carboxylic acids is 2. The SMILES string of the molecule is CCN1C[C@@H]2C[C@@H](C1)[C@H](CNC(=O)Cc1c(C)noc1C)N1C(=O)CCC[C@@H]21. The molecule has 1 aromatic heterocycles. The minimum atomic E-state index is -0.0271. The van der Waals surface area contributed by atoms with Crippen molar-refractivity contribution in [2.24, 2.45) is 11.8 Å². The largest absolute Gasteiger partial charge is 0.361 e. The molecule has 1 N–H and O–H groups in total. The second-order valence-corrected chi connectivity index (χ2v) is 8.72. The Kier molecular flexibility index (Phi) is 5.45. The molecule has 28 heavy (non-hydrogen) atoms. The highest BCUT2D eigenvalue weighted by molar-refractivity contribution is 5.80. The van der Waals surface area contributed by atoms with E-state index in [0.717, 1.165) is 43.7 Å². The van der Waals surface area contributed by atoms with Crippen LogP contribution >= 0.6 is 0 Å². The smallest absolute Gasteiger partial charge is 0.224 e. The number of hydrogen-bond acceptors (Lipinski definition) is 5. The fourth-order valence-corrected chi connectivity index (χ4v) is 5.59. The van der Waals surface area contributed by atoms with Gasteiger partial charge in [0, 0.05) is 37.7 Å². The van der Waals surface area contributed by atoms with Gasteiger partial charge in [0.1, 0.15) is 5.76 Å². The van der Waals surface area contributed by atoms with Crippen LogP contribution in [0, 0.1) is 25.7 Å². The van der Waals surface area contributed by atoms with Crippen LogP contribution in [0.25, 0.3) is 0 Å². The molecule has 4 heterocycles. The number of amides is 2. The molecular weight excluding hydrogens is 356 g/mol. The van der Waals surface area contributed by atoms with E-state index in [1.807, 2.05) is 13.8 Å². The number of hydrogen-bond donors (Lipinski definition) is 1. The summed E-state index contributed by atoms with van der Waals surface area (Å²) in [5.74, 6) is 1.97. The summed E-state index contributed by atoms with van der Waals surface area (Å²) < 4.78 is 5.16. The molecule has 0 aromatic carbocycles. The topological polar surface area (TPSA) is 78.7 Å². The number of likely N-dealkylation sites (tertiary alicyclic amines) is 1. The van der Waals surface area contributed by atoms with E-state index >= 15 is 0 Å². The Morgan fingerprint density at radius 3 is 2.79 bits per heavy atom. The molecule has 154 valence electrons. The van der Waals surface area contributed by atoms with Crippen molar-refractivity contribution in [1.82, 2.24) is 20.3 Å². The number of aromatic nitrogens is 1. The van der Waals surface area contributed by atoms with Crippen LogP contribution in [0.1, 0.15) is 49.6 Å². The summed E-state index contributed by atoms with van der Waals surface area (Å²) in [6, 6.07) is 0.452. The van der Waals surface area contributed by atoms with E-state index in [4.69, 9.17) is 4.52 Å². The maximum Gasteiger partial charge on any atom is 0.224 e. The van der Waals surface area contributed by atoms with E-state index in [-0.39, 0.29) is 24.3 Å². The van der Waals surface area contributed by atoms with E-state index < -0.39 is 0 Å². The van der Waals surface area contributed by atoms with Crippen LogP contribution in [0.2, 0.25) is 0 Å². The van der Waals surface area contributed by atoms with Gasteiger partial charge in [0.15, 0.2) is 0 Å². The van der Waals surface area contributed by atoms with Gasteiger partial charge < -0.3 is 19.6 Å². The van der Waals surface area contributed by atoms with Crippen molar-refractivity contribution in [2.45, 2.75) is 65.0 Å². The van der Waals surface area contributed by atoms with Gasteiger partial charge in [-0.05, 0) is 51.5 Å². The molecule has 3 saturated heterocycles. The Labute approximate surface area is 166 Å². The molecule has 0 spiro atoms. The van der Waals surface area contributed by atoms with Crippen LogP contribution in [0.3, 0.4) is 0 Å². The van der Waals surface area contributed by atoms with E-state index in [1.165, 1.54) is 6.42 Å². The molecule has 0 saturated carbocycles. The Hall–Kier alpha value is -1.89. The third-order valence-corrected chi connectivity index (χ3v) is 7.05. The van der Waals surface area contributed by atoms with Crippen LogP contribution in [0.5, 0.6) is 0 Å². The predicted molar refractivity (Wildman–Crippen MR) is 105 cm³/mol. The number of piperidine rings is 3. The number of fused-ring (bicyclic) bond motifs is 4. The maximum absolute atomic E-state index is 12.8. The number of nitrogens with one attached hydrogen (secondary N) is 1. The Morgan fingerprint density at radius 2 is 2.07 bits per heavy atom. The highest BCUT2D eigenvalue weighted by Crippen LogP contribution is 2.41. The fraction of sp³-hybridized carbons (Fsp3) is 0.762. The average Bonchev–Trinajstić information content (AvgIpc) is 3.00. The highest BCUT2D eigenvalue weighted by atomic mass is 16.5. The van der Waals surface area contributed by atoms with Gasteiger partial charge in [-0.25, -0.2) is 0 Å². The Bertz CT molecular complexity index is 727. The van der Waals surface area contributed by atoms with Crippen molar-refractivity contribution < 1.29 is 14.1 Å². The van der Waals surface area contributed by atoms with Gasteiger partial charge in [-0.2, -0.15) is 0 Å². The van der Waals surface area contributed by atoms with Gasteiger partial charge in [-0.3, -0.25) is 9.59 Å². The van der Waals surface area contributed by atoms with Crippen molar-refractivity contribution >= 4 is 11.8 Å². The first-order valence-electron chi connectivity index (χ1n) is 10.7. The third kappa shape index (κ3) is 3.56. The molecule has 4 atom stereocenters. The molecule has 0 aliphatic carbocycles. The first-order valence-corrected chi connectivity index (χ1v) is 10.7. The van der Waals surface area contributed by atoms with Crippen molar-refractivity contribution in [1.29, 1.82) is 0 Å². The van der Waals surface area contributed by atoms with Gasteiger partial charge in [-0.1, -0.05) is 12.1 Å². The summed E-state index contributed by atoms with van der Waals surface area (Å²) >= 11 is 0. The molecule has 3 aliphatic rings. The van der Waals surface area contributed by atoms with E-state index in [2.05, 4.69) is 27.2 Å². The van der Waals surface area contributed by atoms with Crippen molar-refractivity contribution in [3.8, 4) is 0 Å². The Morgan fingerprint density at radius 1 is 1.29 bits per heavy atom. The lowest BCUT2D eigenvalue weighted by atomic mass is 9.72. The molecule has 2 amide bonds. The zero-order valence-corrected chi connectivity index (χ0v) is 17.2. The van der Waals surface area contributed by atoms with Crippen molar-refractivity contribution in [3.05, 3.63) is 17.0 Å². The summed E-state index contributed by atoms with van der Waals surface area (Å²) in [4.78, 5) is 30.1. The van der Waals surface area contributed by atoms with Crippen LogP contribution in [-0.2, 0) is 16.0 Å². The minimum absolute atomic E-state index is 0.0271. The summed E-state index contributed by atoms with van der Waals surface area (Å²) in [6.07, 6.45) is 4.20. The number of aryl methyl sites for hydroxylation is 2. The second kappa shape index (κ2) is 7.85. The van der Waals surface area contributed by atoms with Crippen molar-refractivity contribution in [3.63, 3.8) is 0 Å². The molecule has 3 aliphatic heterocycles. The summed E-state index contributed by atoms with van der Waals surface area (Å²) in [6.45, 7) is 9.63. The van der Waals surface area contributed by atoms with Crippen molar-refractivity contribution in [2.75, 3.05) is 26.2 Å². The normalized spacial score (nSPS) is 30.2. The molecule has 1 aromatic rings. The molecule has 7 heteroatoms. The van der Waals surface area contributed by atoms with Gasteiger partial charge >= 0.3 is 0 Å². The monoisotopic (exact) mass is 388 g/mol. The second-order valence-electron chi connectivity index (χ2n) is 8.72. The molecule has 7 nitrogen and oxygen atoms in total.